The molecule has 0 saturated carbocycles. The molecule has 1 saturated heterocycles. The molecule has 1 fully saturated rings. The monoisotopic (exact) mass is 324 g/mol. The predicted molar refractivity (Wildman–Crippen MR) is 92.0 cm³/mol. The largest absolute Gasteiger partial charge is 0.335 e. The first kappa shape index (κ1) is 16.2. The maximum absolute atomic E-state index is 12.8. The van der Waals surface area contributed by atoms with Gasteiger partial charge >= 0.3 is 0 Å². The number of likely N-dealkylation sites (tertiary alicyclic amines) is 1. The van der Waals surface area contributed by atoms with Gasteiger partial charge in [0, 0.05) is 29.8 Å². The molecule has 5 heteroatoms. The molecule has 124 valence electrons. The van der Waals surface area contributed by atoms with Crippen molar-refractivity contribution in [2.45, 2.75) is 32.2 Å². The van der Waals surface area contributed by atoms with Crippen molar-refractivity contribution in [2.75, 3.05) is 6.54 Å². The van der Waals surface area contributed by atoms with Crippen molar-refractivity contribution in [2.24, 2.45) is 0 Å². The third-order valence-corrected chi connectivity index (χ3v) is 4.60. The third kappa shape index (κ3) is 3.30. The highest BCUT2D eigenvalue weighted by molar-refractivity contribution is 5.95. The Morgan fingerprint density at radius 2 is 2.00 bits per heavy atom. The normalized spacial score (nSPS) is 17.0. The van der Waals surface area contributed by atoms with Crippen molar-refractivity contribution in [1.29, 1.82) is 0 Å². The first-order chi connectivity index (χ1) is 11.6. The van der Waals surface area contributed by atoms with Crippen LogP contribution >= 0.6 is 0 Å². The maximum atomic E-state index is 12.8. The molecular weight excluding hydrogens is 304 g/mol. The summed E-state index contributed by atoms with van der Waals surface area (Å²) in [5.74, 6) is -0.114. The number of carbonyl (C=O) groups is 1. The zero-order valence-corrected chi connectivity index (χ0v) is 13.6. The van der Waals surface area contributed by atoms with Crippen LogP contribution in [-0.4, -0.2) is 28.3 Å². The van der Waals surface area contributed by atoms with Gasteiger partial charge in [-0.15, -0.1) is 0 Å². The molecule has 24 heavy (non-hydrogen) atoms. The average Bonchev–Trinajstić information content (AvgIpc) is 3.03. The Hall–Kier alpha value is -2.69. The Morgan fingerprint density at radius 1 is 1.25 bits per heavy atom. The number of aryl methyl sites for hydroxylation is 1. The summed E-state index contributed by atoms with van der Waals surface area (Å²) in [7, 11) is 0. The van der Waals surface area contributed by atoms with Crippen LogP contribution in [0.3, 0.4) is 0 Å². The molecule has 1 atom stereocenters. The van der Waals surface area contributed by atoms with E-state index in [0.717, 1.165) is 19.3 Å². The van der Waals surface area contributed by atoms with Crippen LogP contribution in [0.1, 0.15) is 34.3 Å². The third-order valence-electron chi connectivity index (χ3n) is 4.60. The van der Waals surface area contributed by atoms with E-state index < -0.39 is 4.92 Å². The van der Waals surface area contributed by atoms with Crippen molar-refractivity contribution >= 4 is 11.6 Å². The van der Waals surface area contributed by atoms with Crippen molar-refractivity contribution < 1.29 is 9.72 Å². The van der Waals surface area contributed by atoms with Gasteiger partial charge in [0.05, 0.1) is 4.92 Å². The van der Waals surface area contributed by atoms with E-state index in [1.807, 2.05) is 23.1 Å². The van der Waals surface area contributed by atoms with Gasteiger partial charge in [-0.1, -0.05) is 36.4 Å². The van der Waals surface area contributed by atoms with Gasteiger partial charge in [0.2, 0.25) is 0 Å². The number of hydrogen-bond donors (Lipinski definition) is 0. The standard InChI is InChI=1S/C19H20N2O3/c1-14-9-10-16(13-18(14)21(23)24)19(22)20-11-5-8-17(20)12-15-6-3-2-4-7-15/h2-4,6-7,9-10,13,17H,5,8,11-12H2,1H3. The van der Waals surface area contributed by atoms with Gasteiger partial charge in [-0.05, 0) is 37.8 Å². The molecular formula is C19H20N2O3. The molecule has 1 unspecified atom stereocenters. The van der Waals surface area contributed by atoms with E-state index >= 15 is 0 Å². The fraction of sp³-hybridized carbons (Fsp3) is 0.316. The molecule has 1 heterocycles. The zero-order valence-electron chi connectivity index (χ0n) is 13.6. The van der Waals surface area contributed by atoms with Crippen LogP contribution in [0.25, 0.3) is 0 Å². The van der Waals surface area contributed by atoms with Crippen LogP contribution in [0.5, 0.6) is 0 Å². The quantitative estimate of drug-likeness (QED) is 0.635. The number of nitro groups is 1. The summed E-state index contributed by atoms with van der Waals surface area (Å²) in [6.45, 7) is 2.39. The van der Waals surface area contributed by atoms with Gasteiger partial charge in [0.15, 0.2) is 0 Å². The summed E-state index contributed by atoms with van der Waals surface area (Å²) < 4.78 is 0. The smallest absolute Gasteiger partial charge is 0.273 e. The number of rotatable bonds is 4. The highest BCUT2D eigenvalue weighted by Crippen LogP contribution is 2.26. The van der Waals surface area contributed by atoms with E-state index in [2.05, 4.69) is 12.1 Å². The average molecular weight is 324 g/mol. The molecule has 2 aromatic rings. The molecule has 0 N–H and O–H groups in total. The highest BCUT2D eigenvalue weighted by atomic mass is 16.6. The van der Waals surface area contributed by atoms with E-state index in [1.54, 1.807) is 19.1 Å². The lowest BCUT2D eigenvalue weighted by atomic mass is 10.0. The fourth-order valence-corrected chi connectivity index (χ4v) is 3.31. The van der Waals surface area contributed by atoms with E-state index in [1.165, 1.54) is 11.6 Å². The first-order valence-electron chi connectivity index (χ1n) is 8.16. The number of hydrogen-bond acceptors (Lipinski definition) is 3. The van der Waals surface area contributed by atoms with Crippen LogP contribution in [0.15, 0.2) is 48.5 Å². The molecule has 0 radical (unpaired) electrons. The van der Waals surface area contributed by atoms with E-state index in [9.17, 15) is 14.9 Å². The van der Waals surface area contributed by atoms with Gasteiger partial charge in [0.1, 0.15) is 0 Å². The summed E-state index contributed by atoms with van der Waals surface area (Å²) in [5.41, 5.74) is 2.17. The van der Waals surface area contributed by atoms with Crippen LogP contribution in [0.4, 0.5) is 5.69 Å². The molecule has 2 aromatic carbocycles. The summed E-state index contributed by atoms with van der Waals surface area (Å²) in [6, 6.07) is 15.0. The van der Waals surface area contributed by atoms with Crippen molar-refractivity contribution in [1.82, 2.24) is 4.90 Å². The topological polar surface area (TPSA) is 63.5 Å². The lowest BCUT2D eigenvalue weighted by Crippen LogP contribution is -2.36. The van der Waals surface area contributed by atoms with Gasteiger partial charge in [-0.25, -0.2) is 0 Å². The lowest BCUT2D eigenvalue weighted by molar-refractivity contribution is -0.385. The van der Waals surface area contributed by atoms with Gasteiger partial charge in [-0.2, -0.15) is 0 Å². The molecule has 1 aliphatic heterocycles. The second kappa shape index (κ2) is 6.83. The molecule has 5 nitrogen and oxygen atoms in total. The Balaban J connectivity index is 1.81. The van der Waals surface area contributed by atoms with Crippen molar-refractivity contribution in [3.63, 3.8) is 0 Å². The van der Waals surface area contributed by atoms with Crippen LogP contribution in [-0.2, 0) is 6.42 Å². The van der Waals surface area contributed by atoms with Crippen molar-refractivity contribution in [3.8, 4) is 0 Å². The lowest BCUT2D eigenvalue weighted by Gasteiger charge is -2.25. The second-order valence-electron chi connectivity index (χ2n) is 6.24. The number of benzene rings is 2. The molecule has 0 aromatic heterocycles. The first-order valence-corrected chi connectivity index (χ1v) is 8.16. The zero-order chi connectivity index (χ0) is 17.1. The van der Waals surface area contributed by atoms with Crippen LogP contribution in [0.2, 0.25) is 0 Å². The molecule has 1 aliphatic rings. The molecule has 1 amide bonds. The number of nitrogens with zero attached hydrogens (tertiary/aromatic N) is 2. The maximum Gasteiger partial charge on any atom is 0.273 e. The Morgan fingerprint density at radius 3 is 2.71 bits per heavy atom. The van der Waals surface area contributed by atoms with Gasteiger partial charge in [-0.3, -0.25) is 14.9 Å². The minimum absolute atomic E-state index is 0.000318. The van der Waals surface area contributed by atoms with Crippen LogP contribution < -0.4 is 0 Å². The minimum Gasteiger partial charge on any atom is -0.335 e. The van der Waals surface area contributed by atoms with Gasteiger partial charge in [0.25, 0.3) is 11.6 Å². The van der Waals surface area contributed by atoms with E-state index in [4.69, 9.17) is 0 Å². The van der Waals surface area contributed by atoms with Gasteiger partial charge < -0.3 is 4.90 Å². The molecule has 0 spiro atoms. The summed E-state index contributed by atoms with van der Waals surface area (Å²) in [5, 5.41) is 11.1. The Labute approximate surface area is 141 Å². The molecule has 0 aliphatic carbocycles. The predicted octanol–water partition coefficient (Wildman–Crippen LogP) is 3.75. The minimum atomic E-state index is -0.433. The Kier molecular flexibility index (Phi) is 4.60. The van der Waals surface area contributed by atoms with E-state index in [-0.39, 0.29) is 17.6 Å². The number of nitro benzene ring substituents is 1. The summed E-state index contributed by atoms with van der Waals surface area (Å²) >= 11 is 0. The summed E-state index contributed by atoms with van der Waals surface area (Å²) in [6.07, 6.45) is 2.76. The molecule has 0 bridgehead atoms. The second-order valence-corrected chi connectivity index (χ2v) is 6.24. The Bertz CT molecular complexity index is 758. The van der Waals surface area contributed by atoms with Crippen molar-refractivity contribution in [3.05, 3.63) is 75.3 Å². The summed E-state index contributed by atoms with van der Waals surface area (Å²) in [4.78, 5) is 25.4. The fourth-order valence-electron chi connectivity index (χ4n) is 3.31. The van der Waals surface area contributed by atoms with Crippen LogP contribution in [0, 0.1) is 17.0 Å². The number of amides is 1. The number of carbonyl (C=O) groups excluding carboxylic acids is 1. The SMILES string of the molecule is Cc1ccc(C(=O)N2CCCC2Cc2ccccc2)cc1[N+](=O)[O-]. The van der Waals surface area contributed by atoms with E-state index in [0.29, 0.717) is 17.7 Å². The molecule has 3 rings (SSSR count). The highest BCUT2D eigenvalue weighted by Gasteiger charge is 2.30.